The van der Waals surface area contributed by atoms with Crippen LogP contribution in [0.2, 0.25) is 0 Å². The molecule has 0 aliphatic carbocycles. The predicted molar refractivity (Wildman–Crippen MR) is 56.0 cm³/mol. The van der Waals surface area contributed by atoms with Crippen LogP contribution in [0.4, 0.5) is 13.2 Å². The van der Waals surface area contributed by atoms with E-state index >= 15 is 0 Å². The highest BCUT2D eigenvalue weighted by molar-refractivity contribution is 14.1. The van der Waals surface area contributed by atoms with Crippen molar-refractivity contribution in [3.05, 3.63) is 27.3 Å². The summed E-state index contributed by atoms with van der Waals surface area (Å²) in [7, 11) is 0. The molecule has 0 saturated heterocycles. The molecule has 0 bridgehead atoms. The third kappa shape index (κ3) is 3.86. The van der Waals surface area contributed by atoms with E-state index in [2.05, 4.69) is 4.74 Å². The largest absolute Gasteiger partial charge is 0.573 e. The Labute approximate surface area is 101 Å². The molecular formula is C8H3ClF3IO2. The first kappa shape index (κ1) is 12.6. The van der Waals surface area contributed by atoms with Crippen LogP contribution >= 0.6 is 34.2 Å². The van der Waals surface area contributed by atoms with E-state index in [-0.39, 0.29) is 5.56 Å². The van der Waals surface area contributed by atoms with Crippen molar-refractivity contribution >= 4 is 39.4 Å². The first-order valence-electron chi connectivity index (χ1n) is 3.55. The lowest BCUT2D eigenvalue weighted by molar-refractivity contribution is -0.274. The van der Waals surface area contributed by atoms with E-state index in [1.165, 1.54) is 6.07 Å². The first-order valence-corrected chi connectivity index (χ1v) is 5.00. The van der Waals surface area contributed by atoms with E-state index < -0.39 is 17.4 Å². The molecule has 2 nitrogen and oxygen atoms in total. The van der Waals surface area contributed by atoms with E-state index in [9.17, 15) is 18.0 Å². The highest BCUT2D eigenvalue weighted by Crippen LogP contribution is 2.26. The van der Waals surface area contributed by atoms with Crippen LogP contribution in [0.15, 0.2) is 18.2 Å². The summed E-state index contributed by atoms with van der Waals surface area (Å²) < 4.78 is 39.6. The predicted octanol–water partition coefficient (Wildman–Crippen LogP) is 3.57. The lowest BCUT2D eigenvalue weighted by Crippen LogP contribution is -2.17. The molecule has 7 heteroatoms. The number of carbonyl (C=O) groups excluding carboxylic acids is 1. The molecule has 0 unspecified atom stereocenters. The summed E-state index contributed by atoms with van der Waals surface area (Å²) in [5.41, 5.74) is -0.0148. The quantitative estimate of drug-likeness (QED) is 0.602. The summed E-state index contributed by atoms with van der Waals surface area (Å²) in [5, 5.41) is -0.827. The van der Waals surface area contributed by atoms with Crippen molar-refractivity contribution in [3.63, 3.8) is 0 Å². The van der Waals surface area contributed by atoms with E-state index in [0.29, 0.717) is 3.57 Å². The summed E-state index contributed by atoms with van der Waals surface area (Å²) in [6.07, 6.45) is -4.78. The van der Waals surface area contributed by atoms with Gasteiger partial charge in [-0.25, -0.2) is 0 Å². The molecule has 1 rings (SSSR count). The molecule has 0 spiro atoms. The number of hydrogen-bond donors (Lipinski definition) is 0. The number of alkyl halides is 3. The Morgan fingerprint density at radius 2 is 2.00 bits per heavy atom. The van der Waals surface area contributed by atoms with Crippen LogP contribution in [0.25, 0.3) is 0 Å². The number of carbonyl (C=O) groups is 1. The minimum atomic E-state index is -4.78. The third-order valence-electron chi connectivity index (χ3n) is 1.38. The SMILES string of the molecule is O=C(Cl)c1cc(OC(F)(F)F)ccc1I. The maximum absolute atomic E-state index is 11.8. The zero-order chi connectivity index (χ0) is 11.6. The maximum atomic E-state index is 11.8. The Kier molecular flexibility index (Phi) is 3.82. The van der Waals surface area contributed by atoms with Crippen molar-refractivity contribution in [1.29, 1.82) is 0 Å². The smallest absolute Gasteiger partial charge is 0.406 e. The van der Waals surface area contributed by atoms with Gasteiger partial charge in [-0.05, 0) is 52.4 Å². The van der Waals surface area contributed by atoms with Gasteiger partial charge in [0.1, 0.15) is 5.75 Å². The Morgan fingerprint density at radius 1 is 1.40 bits per heavy atom. The van der Waals surface area contributed by atoms with Crippen molar-refractivity contribution in [1.82, 2.24) is 0 Å². The van der Waals surface area contributed by atoms with Gasteiger partial charge in [0.2, 0.25) is 0 Å². The van der Waals surface area contributed by atoms with Crippen molar-refractivity contribution in [3.8, 4) is 5.75 Å². The molecule has 0 aliphatic rings. The van der Waals surface area contributed by atoms with E-state index in [0.717, 1.165) is 12.1 Å². The minimum Gasteiger partial charge on any atom is -0.406 e. The molecule has 1 aromatic carbocycles. The molecule has 0 amide bonds. The van der Waals surface area contributed by atoms with Gasteiger partial charge in [0, 0.05) is 3.57 Å². The van der Waals surface area contributed by atoms with Crippen LogP contribution in [0, 0.1) is 3.57 Å². The molecule has 15 heavy (non-hydrogen) atoms. The van der Waals surface area contributed by atoms with Gasteiger partial charge in [-0.2, -0.15) is 0 Å². The van der Waals surface area contributed by atoms with Crippen LogP contribution in [-0.4, -0.2) is 11.6 Å². The third-order valence-corrected chi connectivity index (χ3v) is 2.53. The van der Waals surface area contributed by atoms with Crippen LogP contribution in [0.3, 0.4) is 0 Å². The highest BCUT2D eigenvalue weighted by atomic mass is 127. The molecule has 0 N–H and O–H groups in total. The second-order valence-corrected chi connectivity index (χ2v) is 3.97. The monoisotopic (exact) mass is 350 g/mol. The fraction of sp³-hybridized carbons (Fsp3) is 0.125. The number of rotatable bonds is 2. The minimum absolute atomic E-state index is 0.0148. The van der Waals surface area contributed by atoms with Gasteiger partial charge in [-0.3, -0.25) is 4.79 Å². The summed E-state index contributed by atoms with van der Waals surface area (Å²) in [6, 6.07) is 3.38. The van der Waals surface area contributed by atoms with E-state index in [4.69, 9.17) is 11.6 Å². The average Bonchev–Trinajstić information content (AvgIpc) is 2.05. The number of halogens is 5. The Balaban J connectivity index is 3.03. The van der Waals surface area contributed by atoms with Gasteiger partial charge < -0.3 is 4.74 Å². The lowest BCUT2D eigenvalue weighted by Gasteiger charge is -2.09. The number of ether oxygens (including phenoxy) is 1. The van der Waals surface area contributed by atoms with Gasteiger partial charge in [0.25, 0.3) is 5.24 Å². The second-order valence-electron chi connectivity index (χ2n) is 2.46. The molecule has 0 radical (unpaired) electrons. The zero-order valence-electron chi connectivity index (χ0n) is 6.94. The Hall–Kier alpha value is -0.500. The number of hydrogen-bond acceptors (Lipinski definition) is 2. The summed E-state index contributed by atoms with van der Waals surface area (Å²) in [6.45, 7) is 0. The van der Waals surface area contributed by atoms with Crippen LogP contribution in [0.5, 0.6) is 5.75 Å². The van der Waals surface area contributed by atoms with Crippen LogP contribution < -0.4 is 4.74 Å². The van der Waals surface area contributed by atoms with Crippen LogP contribution in [-0.2, 0) is 0 Å². The van der Waals surface area contributed by atoms with Gasteiger partial charge in [-0.1, -0.05) is 0 Å². The van der Waals surface area contributed by atoms with Gasteiger partial charge in [-0.15, -0.1) is 13.2 Å². The summed E-state index contributed by atoms with van der Waals surface area (Å²) in [4.78, 5) is 10.8. The summed E-state index contributed by atoms with van der Waals surface area (Å²) in [5.74, 6) is -0.466. The second kappa shape index (κ2) is 4.56. The van der Waals surface area contributed by atoms with Crippen LogP contribution in [0.1, 0.15) is 10.4 Å². The van der Waals surface area contributed by atoms with E-state index in [1.54, 1.807) is 22.6 Å². The molecule has 0 heterocycles. The highest BCUT2D eigenvalue weighted by Gasteiger charge is 2.31. The molecule has 0 aromatic heterocycles. The zero-order valence-corrected chi connectivity index (χ0v) is 9.85. The van der Waals surface area contributed by atoms with Gasteiger partial charge in [0.15, 0.2) is 0 Å². The summed E-state index contributed by atoms with van der Waals surface area (Å²) >= 11 is 6.96. The molecule has 0 saturated carbocycles. The molecule has 0 aliphatic heterocycles. The molecule has 1 aromatic rings. The van der Waals surface area contributed by atoms with Gasteiger partial charge in [0.05, 0.1) is 5.56 Å². The Morgan fingerprint density at radius 3 is 2.47 bits per heavy atom. The maximum Gasteiger partial charge on any atom is 0.573 e. The molecule has 0 atom stereocenters. The van der Waals surface area contributed by atoms with E-state index in [1.807, 2.05) is 0 Å². The molecular weight excluding hydrogens is 347 g/mol. The lowest BCUT2D eigenvalue weighted by atomic mass is 10.2. The normalized spacial score (nSPS) is 11.3. The number of benzene rings is 1. The standard InChI is InChI=1S/C8H3ClF3IO2/c9-7(14)5-3-4(1-2-6(5)13)15-8(10,11)12/h1-3H. The van der Waals surface area contributed by atoms with Crippen molar-refractivity contribution < 1.29 is 22.7 Å². The fourth-order valence-corrected chi connectivity index (χ4v) is 1.75. The molecule has 82 valence electrons. The first-order chi connectivity index (χ1) is 6.79. The average molecular weight is 350 g/mol. The van der Waals surface area contributed by atoms with Gasteiger partial charge >= 0.3 is 6.36 Å². The van der Waals surface area contributed by atoms with Crippen molar-refractivity contribution in [2.45, 2.75) is 6.36 Å². The molecule has 0 fully saturated rings. The fourth-order valence-electron chi connectivity index (χ4n) is 0.852. The topological polar surface area (TPSA) is 26.3 Å². The van der Waals surface area contributed by atoms with Crippen molar-refractivity contribution in [2.24, 2.45) is 0 Å². The Bertz CT molecular complexity index is 392. The van der Waals surface area contributed by atoms with Crippen molar-refractivity contribution in [2.75, 3.05) is 0 Å².